The number of piperidine rings is 1. The number of amides is 3. The van der Waals surface area contributed by atoms with Gasteiger partial charge < -0.3 is 15.8 Å². The third kappa shape index (κ3) is 4.40. The van der Waals surface area contributed by atoms with Crippen molar-refractivity contribution in [3.05, 3.63) is 0 Å². The molecule has 1 fully saturated rings. The van der Waals surface area contributed by atoms with Gasteiger partial charge in [0, 0.05) is 25.9 Å². The molecule has 3 amide bonds. The maximum Gasteiger partial charge on any atom is 0.405 e. The molecule has 1 aliphatic heterocycles. The molecular formula is C11H19N3O5. The zero-order valence-electron chi connectivity index (χ0n) is 11.0. The third-order valence-electron chi connectivity index (χ3n) is 3.02. The van der Waals surface area contributed by atoms with Gasteiger partial charge in [0.1, 0.15) is 0 Å². The van der Waals surface area contributed by atoms with E-state index in [1.807, 2.05) is 0 Å². The molecule has 0 aliphatic carbocycles. The predicted octanol–water partition coefficient (Wildman–Crippen LogP) is -0.614. The van der Waals surface area contributed by atoms with Gasteiger partial charge in [-0.1, -0.05) is 0 Å². The standard InChI is InChI=1S/C11H19N3O5/c1-14(18-2)10(16)8(19-11(12)17)6-7-4-3-5-13-9(7)15/h7-8H,3-6H2,1-2H3,(H2,12,17)(H,13,15). The zero-order valence-corrected chi connectivity index (χ0v) is 11.0. The van der Waals surface area contributed by atoms with Crippen molar-refractivity contribution in [1.82, 2.24) is 10.4 Å². The molecule has 3 N–H and O–H groups in total. The number of rotatable bonds is 5. The maximum atomic E-state index is 11.9. The molecule has 1 aliphatic rings. The quantitative estimate of drug-likeness (QED) is 0.649. The number of ether oxygens (including phenoxy) is 1. The molecule has 0 aromatic heterocycles. The van der Waals surface area contributed by atoms with Crippen LogP contribution in [0.15, 0.2) is 0 Å². The summed E-state index contributed by atoms with van der Waals surface area (Å²) < 4.78 is 4.77. The lowest BCUT2D eigenvalue weighted by atomic mass is 9.92. The summed E-state index contributed by atoms with van der Waals surface area (Å²) in [7, 11) is 2.70. The van der Waals surface area contributed by atoms with Gasteiger partial charge in [-0.2, -0.15) is 0 Å². The molecule has 0 radical (unpaired) electrons. The first-order chi connectivity index (χ1) is 8.95. The van der Waals surface area contributed by atoms with E-state index in [0.717, 1.165) is 11.5 Å². The van der Waals surface area contributed by atoms with E-state index in [0.29, 0.717) is 13.0 Å². The van der Waals surface area contributed by atoms with Crippen LogP contribution >= 0.6 is 0 Å². The Balaban J connectivity index is 2.70. The number of nitrogens with zero attached hydrogens (tertiary/aromatic N) is 1. The molecule has 0 spiro atoms. The number of hydrogen-bond donors (Lipinski definition) is 2. The Bertz CT molecular complexity index is 360. The van der Waals surface area contributed by atoms with Gasteiger partial charge in [-0.05, 0) is 12.8 Å². The van der Waals surface area contributed by atoms with Gasteiger partial charge in [0.05, 0.1) is 7.11 Å². The summed E-state index contributed by atoms with van der Waals surface area (Å²) in [5, 5.41) is 3.64. The van der Waals surface area contributed by atoms with Crippen molar-refractivity contribution in [2.24, 2.45) is 11.7 Å². The highest BCUT2D eigenvalue weighted by Crippen LogP contribution is 2.20. The maximum absolute atomic E-state index is 11.9. The minimum atomic E-state index is -1.11. The van der Waals surface area contributed by atoms with E-state index in [2.05, 4.69) is 5.32 Å². The number of hydroxylamine groups is 2. The highest BCUT2D eigenvalue weighted by molar-refractivity contribution is 5.84. The second-order valence-corrected chi connectivity index (χ2v) is 4.31. The fourth-order valence-corrected chi connectivity index (χ4v) is 1.95. The molecule has 19 heavy (non-hydrogen) atoms. The normalized spacial score (nSPS) is 20.3. The zero-order chi connectivity index (χ0) is 14.4. The van der Waals surface area contributed by atoms with E-state index in [1.54, 1.807) is 0 Å². The van der Waals surface area contributed by atoms with Crippen LogP contribution in [0.5, 0.6) is 0 Å². The van der Waals surface area contributed by atoms with E-state index >= 15 is 0 Å². The number of hydrogen-bond acceptors (Lipinski definition) is 5. The molecule has 1 saturated heterocycles. The molecule has 0 aromatic carbocycles. The highest BCUT2D eigenvalue weighted by atomic mass is 16.7. The van der Waals surface area contributed by atoms with Crippen molar-refractivity contribution in [2.75, 3.05) is 20.7 Å². The molecule has 2 atom stereocenters. The van der Waals surface area contributed by atoms with Crippen molar-refractivity contribution >= 4 is 17.9 Å². The van der Waals surface area contributed by atoms with Gasteiger partial charge in [0.2, 0.25) is 5.91 Å². The average molecular weight is 273 g/mol. The van der Waals surface area contributed by atoms with Gasteiger partial charge in [-0.3, -0.25) is 14.4 Å². The van der Waals surface area contributed by atoms with E-state index in [9.17, 15) is 14.4 Å². The van der Waals surface area contributed by atoms with Crippen LogP contribution in [0.1, 0.15) is 19.3 Å². The third-order valence-corrected chi connectivity index (χ3v) is 3.02. The van der Waals surface area contributed by atoms with E-state index in [1.165, 1.54) is 14.2 Å². The van der Waals surface area contributed by atoms with Crippen LogP contribution in [0.2, 0.25) is 0 Å². The molecule has 8 heteroatoms. The first kappa shape index (κ1) is 15.2. The molecule has 2 unspecified atom stereocenters. The van der Waals surface area contributed by atoms with Crippen molar-refractivity contribution in [2.45, 2.75) is 25.4 Å². The smallest absolute Gasteiger partial charge is 0.405 e. The van der Waals surface area contributed by atoms with Gasteiger partial charge in [-0.15, -0.1) is 0 Å². The summed E-state index contributed by atoms with van der Waals surface area (Å²) in [5.41, 5.74) is 4.94. The van der Waals surface area contributed by atoms with Crippen LogP contribution in [0.3, 0.4) is 0 Å². The fraction of sp³-hybridized carbons (Fsp3) is 0.727. The Hall–Kier alpha value is -1.83. The Kier molecular flexibility index (Phi) is 5.56. The molecule has 0 saturated carbocycles. The number of primary amides is 1. The summed E-state index contributed by atoms with van der Waals surface area (Å²) >= 11 is 0. The number of nitrogens with one attached hydrogen (secondary N) is 1. The Morgan fingerprint density at radius 2 is 2.26 bits per heavy atom. The molecule has 1 rings (SSSR count). The van der Waals surface area contributed by atoms with Gasteiger partial charge in [0.25, 0.3) is 5.91 Å². The second-order valence-electron chi connectivity index (χ2n) is 4.31. The van der Waals surface area contributed by atoms with Crippen LogP contribution in [0.25, 0.3) is 0 Å². The first-order valence-corrected chi connectivity index (χ1v) is 6.01. The van der Waals surface area contributed by atoms with E-state index in [4.69, 9.17) is 15.3 Å². The van der Waals surface area contributed by atoms with Gasteiger partial charge in [0.15, 0.2) is 6.10 Å². The topological polar surface area (TPSA) is 111 Å². The molecular weight excluding hydrogens is 254 g/mol. The summed E-state index contributed by atoms with van der Waals surface area (Å²) in [4.78, 5) is 39.1. The summed E-state index contributed by atoms with van der Waals surface area (Å²) in [5.74, 6) is -1.07. The Morgan fingerprint density at radius 3 is 2.79 bits per heavy atom. The SMILES string of the molecule is CON(C)C(=O)C(CC1CCCNC1=O)OC(N)=O. The predicted molar refractivity (Wildman–Crippen MR) is 64.6 cm³/mol. The lowest BCUT2D eigenvalue weighted by Crippen LogP contribution is -2.44. The van der Waals surface area contributed by atoms with Crippen LogP contribution in [0, 0.1) is 5.92 Å². The fourth-order valence-electron chi connectivity index (χ4n) is 1.95. The average Bonchev–Trinajstić information content (AvgIpc) is 2.38. The van der Waals surface area contributed by atoms with E-state index in [-0.39, 0.29) is 18.2 Å². The molecule has 1 heterocycles. The number of likely N-dealkylation sites (N-methyl/N-ethyl adjacent to an activating group) is 1. The molecule has 8 nitrogen and oxygen atoms in total. The van der Waals surface area contributed by atoms with Gasteiger partial charge >= 0.3 is 6.09 Å². The Labute approximate surface area is 111 Å². The lowest BCUT2D eigenvalue weighted by molar-refractivity contribution is -0.178. The van der Waals surface area contributed by atoms with Crippen molar-refractivity contribution < 1.29 is 24.0 Å². The first-order valence-electron chi connectivity index (χ1n) is 6.01. The van der Waals surface area contributed by atoms with E-state index < -0.39 is 18.1 Å². The molecule has 0 aromatic rings. The van der Waals surface area contributed by atoms with Gasteiger partial charge in [-0.25, -0.2) is 9.86 Å². The number of carbonyl (C=O) groups is 3. The monoisotopic (exact) mass is 273 g/mol. The van der Waals surface area contributed by atoms with Crippen LogP contribution < -0.4 is 11.1 Å². The minimum absolute atomic E-state index is 0.0985. The number of carbonyl (C=O) groups excluding carboxylic acids is 3. The molecule has 0 bridgehead atoms. The van der Waals surface area contributed by atoms with Crippen molar-refractivity contribution in [3.8, 4) is 0 Å². The lowest BCUT2D eigenvalue weighted by Gasteiger charge is -2.26. The second kappa shape index (κ2) is 6.93. The minimum Gasteiger partial charge on any atom is -0.436 e. The highest BCUT2D eigenvalue weighted by Gasteiger charge is 2.32. The summed E-state index contributed by atoms with van der Waals surface area (Å²) in [6.07, 6.45) is -0.598. The largest absolute Gasteiger partial charge is 0.436 e. The van der Waals surface area contributed by atoms with Crippen molar-refractivity contribution in [3.63, 3.8) is 0 Å². The Morgan fingerprint density at radius 1 is 1.58 bits per heavy atom. The van der Waals surface area contributed by atoms with Crippen LogP contribution in [0.4, 0.5) is 4.79 Å². The van der Waals surface area contributed by atoms with Crippen molar-refractivity contribution in [1.29, 1.82) is 0 Å². The summed E-state index contributed by atoms with van der Waals surface area (Å²) in [6, 6.07) is 0. The summed E-state index contributed by atoms with van der Waals surface area (Å²) in [6.45, 7) is 0.628. The molecule has 108 valence electrons. The number of nitrogens with two attached hydrogens (primary N) is 1. The van der Waals surface area contributed by atoms with Crippen LogP contribution in [-0.2, 0) is 19.2 Å². The van der Waals surface area contributed by atoms with Crippen LogP contribution in [-0.4, -0.2) is 49.8 Å².